The van der Waals surface area contributed by atoms with Crippen molar-refractivity contribution in [3.05, 3.63) is 36.0 Å². The molecule has 4 heteroatoms. The summed E-state index contributed by atoms with van der Waals surface area (Å²) >= 11 is 0. The second-order valence-electron chi connectivity index (χ2n) is 6.35. The first-order chi connectivity index (χ1) is 11.5. The van der Waals surface area contributed by atoms with E-state index in [1.807, 2.05) is 18.2 Å². The Morgan fingerprint density at radius 2 is 2.04 bits per heavy atom. The molecule has 0 radical (unpaired) electrons. The van der Waals surface area contributed by atoms with E-state index in [-0.39, 0.29) is 18.1 Å². The van der Waals surface area contributed by atoms with Gasteiger partial charge in [0.15, 0.2) is 5.78 Å². The van der Waals surface area contributed by atoms with Crippen molar-refractivity contribution in [1.82, 2.24) is 0 Å². The predicted octanol–water partition coefficient (Wildman–Crippen LogP) is 4.20. The molecule has 1 rings (SSSR count). The highest BCUT2D eigenvalue weighted by molar-refractivity contribution is 6.07. The van der Waals surface area contributed by atoms with E-state index in [2.05, 4.69) is 6.92 Å². The minimum Gasteiger partial charge on any atom is -0.481 e. The Bertz CT molecular complexity index is 488. The van der Waals surface area contributed by atoms with Crippen LogP contribution in [0.4, 0.5) is 0 Å². The Labute approximate surface area is 145 Å². The van der Waals surface area contributed by atoms with Gasteiger partial charge in [-0.2, -0.15) is 0 Å². The third-order valence-corrected chi connectivity index (χ3v) is 4.20. The number of allylic oxidation sites excluding steroid dienone is 5. The van der Waals surface area contributed by atoms with E-state index in [4.69, 9.17) is 5.11 Å². The Morgan fingerprint density at radius 3 is 2.75 bits per heavy atom. The van der Waals surface area contributed by atoms with Crippen LogP contribution in [0.2, 0.25) is 0 Å². The molecule has 2 N–H and O–H groups in total. The van der Waals surface area contributed by atoms with Gasteiger partial charge in [0.25, 0.3) is 0 Å². The van der Waals surface area contributed by atoms with Gasteiger partial charge in [0, 0.05) is 17.9 Å². The molecule has 0 amide bonds. The number of hydrogen-bond donors (Lipinski definition) is 2. The lowest BCUT2D eigenvalue weighted by molar-refractivity contribution is -0.137. The van der Waals surface area contributed by atoms with E-state index in [0.29, 0.717) is 6.42 Å². The van der Waals surface area contributed by atoms with Crippen LogP contribution in [0.5, 0.6) is 0 Å². The number of ketones is 1. The second kappa shape index (κ2) is 11.8. The molecule has 0 heterocycles. The molecule has 0 saturated heterocycles. The van der Waals surface area contributed by atoms with Gasteiger partial charge in [-0.05, 0) is 31.8 Å². The summed E-state index contributed by atoms with van der Waals surface area (Å²) < 4.78 is 0. The summed E-state index contributed by atoms with van der Waals surface area (Å²) in [5.74, 6) is -0.765. The number of aliphatic hydroxyl groups excluding tert-OH is 1. The molecule has 1 aliphatic carbocycles. The fourth-order valence-corrected chi connectivity index (χ4v) is 2.76. The zero-order valence-electron chi connectivity index (χ0n) is 14.6. The first-order valence-electron chi connectivity index (χ1n) is 9.05. The molecular weight excluding hydrogens is 304 g/mol. The molecule has 0 aromatic rings. The first-order valence-corrected chi connectivity index (χ1v) is 9.05. The Morgan fingerprint density at radius 1 is 1.25 bits per heavy atom. The highest BCUT2D eigenvalue weighted by Crippen LogP contribution is 2.24. The smallest absolute Gasteiger partial charge is 0.303 e. The molecule has 0 unspecified atom stereocenters. The molecule has 1 aliphatic rings. The van der Waals surface area contributed by atoms with Gasteiger partial charge in [0.1, 0.15) is 0 Å². The molecule has 134 valence electrons. The van der Waals surface area contributed by atoms with Crippen LogP contribution in [0.25, 0.3) is 0 Å². The number of carbonyl (C=O) groups is 2. The molecule has 0 saturated carbocycles. The van der Waals surface area contributed by atoms with Crippen LogP contribution in [0.15, 0.2) is 36.0 Å². The van der Waals surface area contributed by atoms with Crippen molar-refractivity contribution in [1.29, 1.82) is 0 Å². The van der Waals surface area contributed by atoms with Gasteiger partial charge in [-0.3, -0.25) is 9.59 Å². The third-order valence-electron chi connectivity index (χ3n) is 4.20. The van der Waals surface area contributed by atoms with E-state index in [0.717, 1.165) is 50.5 Å². The number of unbranched alkanes of at least 4 members (excludes halogenated alkanes) is 5. The lowest BCUT2D eigenvalue weighted by Crippen LogP contribution is -2.05. The predicted molar refractivity (Wildman–Crippen MR) is 95.7 cm³/mol. The van der Waals surface area contributed by atoms with Crippen LogP contribution in [-0.4, -0.2) is 28.1 Å². The Balaban J connectivity index is 2.40. The molecule has 0 fully saturated rings. The van der Waals surface area contributed by atoms with Gasteiger partial charge >= 0.3 is 5.97 Å². The number of carbonyl (C=O) groups excluding carboxylic acids is 1. The summed E-state index contributed by atoms with van der Waals surface area (Å²) in [7, 11) is 0. The maximum Gasteiger partial charge on any atom is 0.303 e. The van der Waals surface area contributed by atoms with Crippen LogP contribution in [0.3, 0.4) is 0 Å². The molecular formula is C20H30O4. The van der Waals surface area contributed by atoms with Crippen molar-refractivity contribution >= 4 is 11.8 Å². The SMILES string of the molecule is CCCCC[C@H](O)/C=C/[C@H]1C=CC(=O)/C1=C/CCCCCC(=O)O. The van der Waals surface area contributed by atoms with Crippen LogP contribution < -0.4 is 0 Å². The average Bonchev–Trinajstić information content (AvgIpc) is 2.89. The standard InChI is InChI=1S/C20H30O4/c1-2-3-6-9-17(21)14-12-16-13-15-19(22)18(16)10-7-4-5-8-11-20(23)24/h10,12-17,21H,2-9,11H2,1H3,(H,23,24)/b14-12+,18-10+/t16-,17-/m0/s1. The van der Waals surface area contributed by atoms with Gasteiger partial charge in [-0.1, -0.05) is 56.9 Å². The van der Waals surface area contributed by atoms with Crippen molar-refractivity contribution in [2.24, 2.45) is 5.92 Å². The average molecular weight is 334 g/mol. The largest absolute Gasteiger partial charge is 0.481 e. The first kappa shape index (κ1) is 20.4. The molecule has 4 nitrogen and oxygen atoms in total. The monoisotopic (exact) mass is 334 g/mol. The van der Waals surface area contributed by atoms with Crippen molar-refractivity contribution < 1.29 is 19.8 Å². The van der Waals surface area contributed by atoms with Gasteiger partial charge in [0.2, 0.25) is 0 Å². The lowest BCUT2D eigenvalue weighted by atomic mass is 9.98. The summed E-state index contributed by atoms with van der Waals surface area (Å²) in [5, 5.41) is 18.5. The minimum absolute atomic E-state index is 0.0376. The van der Waals surface area contributed by atoms with E-state index in [1.165, 1.54) is 0 Å². The van der Waals surface area contributed by atoms with Crippen molar-refractivity contribution in [3.63, 3.8) is 0 Å². The summed E-state index contributed by atoms with van der Waals surface area (Å²) in [6.45, 7) is 2.13. The zero-order valence-corrected chi connectivity index (χ0v) is 14.6. The van der Waals surface area contributed by atoms with E-state index in [9.17, 15) is 14.7 Å². The molecule has 2 atom stereocenters. The summed E-state index contributed by atoms with van der Waals surface area (Å²) in [5.41, 5.74) is 0.769. The van der Waals surface area contributed by atoms with Crippen LogP contribution in [0, 0.1) is 5.92 Å². The molecule has 0 aromatic heterocycles. The van der Waals surface area contributed by atoms with Crippen LogP contribution in [-0.2, 0) is 9.59 Å². The number of carboxylic acid groups (broad SMARTS) is 1. The summed E-state index contributed by atoms with van der Waals surface area (Å²) in [4.78, 5) is 22.4. The maximum atomic E-state index is 11.9. The van der Waals surface area contributed by atoms with Crippen molar-refractivity contribution in [3.8, 4) is 0 Å². The van der Waals surface area contributed by atoms with E-state index < -0.39 is 12.1 Å². The quantitative estimate of drug-likeness (QED) is 0.319. The van der Waals surface area contributed by atoms with Gasteiger partial charge < -0.3 is 10.2 Å². The van der Waals surface area contributed by atoms with Gasteiger partial charge in [-0.25, -0.2) is 0 Å². The Hall–Kier alpha value is -1.68. The van der Waals surface area contributed by atoms with Crippen LogP contribution >= 0.6 is 0 Å². The molecule has 0 aromatic carbocycles. The highest BCUT2D eigenvalue weighted by Gasteiger charge is 2.20. The summed E-state index contributed by atoms with van der Waals surface area (Å²) in [6.07, 6.45) is 16.1. The highest BCUT2D eigenvalue weighted by atomic mass is 16.4. The normalized spacial score (nSPS) is 20.3. The van der Waals surface area contributed by atoms with E-state index in [1.54, 1.807) is 12.2 Å². The molecule has 24 heavy (non-hydrogen) atoms. The topological polar surface area (TPSA) is 74.6 Å². The number of aliphatic carboxylic acids is 1. The van der Waals surface area contributed by atoms with Gasteiger partial charge in [-0.15, -0.1) is 0 Å². The Kier molecular flexibility index (Phi) is 10.0. The second-order valence-corrected chi connectivity index (χ2v) is 6.35. The lowest BCUT2D eigenvalue weighted by Gasteiger charge is -2.08. The van der Waals surface area contributed by atoms with E-state index >= 15 is 0 Å². The molecule has 0 aliphatic heterocycles. The number of hydrogen-bond acceptors (Lipinski definition) is 3. The fraction of sp³-hybridized carbons (Fsp3) is 0.600. The van der Waals surface area contributed by atoms with Gasteiger partial charge in [0.05, 0.1) is 6.10 Å². The number of aliphatic hydroxyl groups is 1. The number of rotatable bonds is 12. The van der Waals surface area contributed by atoms with Crippen LogP contribution in [0.1, 0.15) is 64.7 Å². The molecule has 0 spiro atoms. The zero-order chi connectivity index (χ0) is 17.8. The van der Waals surface area contributed by atoms with Crippen molar-refractivity contribution in [2.45, 2.75) is 70.8 Å². The maximum absolute atomic E-state index is 11.9. The third kappa shape index (κ3) is 8.25. The number of carboxylic acids is 1. The summed E-state index contributed by atoms with van der Waals surface area (Å²) in [6, 6.07) is 0. The molecule has 0 bridgehead atoms. The van der Waals surface area contributed by atoms with Crippen molar-refractivity contribution in [2.75, 3.05) is 0 Å². The minimum atomic E-state index is -0.758. The fourth-order valence-electron chi connectivity index (χ4n) is 2.76.